The van der Waals surface area contributed by atoms with Crippen molar-refractivity contribution in [2.24, 2.45) is 0 Å². The van der Waals surface area contributed by atoms with Gasteiger partial charge in [-0.15, -0.1) is 4.40 Å². The molecule has 1 aliphatic heterocycles. The lowest BCUT2D eigenvalue weighted by atomic mass is 10.1. The van der Waals surface area contributed by atoms with Crippen LogP contribution in [0.5, 0.6) is 0 Å². The summed E-state index contributed by atoms with van der Waals surface area (Å²) in [5, 5.41) is 21.3. The number of carbonyl (C=O) groups excluding carboxylic acids is 3. The summed E-state index contributed by atoms with van der Waals surface area (Å²) in [5.74, 6) is -5.19. The van der Waals surface area contributed by atoms with Crippen LogP contribution in [0, 0.1) is 0 Å². The Hall–Kier alpha value is -3.89. The lowest BCUT2D eigenvalue weighted by Crippen LogP contribution is -3.11. The fraction of sp³-hybridized carbons (Fsp3) is 0.333. The molecule has 1 fully saturated rings. The van der Waals surface area contributed by atoms with Crippen molar-refractivity contribution in [1.82, 2.24) is 10.3 Å². The minimum Gasteiger partial charge on any atom is -0.542 e. The van der Waals surface area contributed by atoms with Crippen LogP contribution in [0.3, 0.4) is 0 Å². The van der Waals surface area contributed by atoms with Gasteiger partial charge >= 0.3 is 18.3 Å². The Morgan fingerprint density at radius 3 is 2.00 bits per heavy atom. The van der Waals surface area contributed by atoms with Crippen LogP contribution in [-0.2, 0) is 14.3 Å². The smallest absolute Gasteiger partial charge is 0.457 e. The average Bonchev–Trinajstić information content (AvgIpc) is 3.29. The second-order valence-electron chi connectivity index (χ2n) is 8.31. The van der Waals surface area contributed by atoms with Gasteiger partial charge in [-0.1, -0.05) is 35.9 Å². The van der Waals surface area contributed by atoms with Gasteiger partial charge < -0.3 is 29.9 Å². The topological polar surface area (TPSA) is 143 Å². The van der Waals surface area contributed by atoms with Gasteiger partial charge in [0, 0.05) is 5.02 Å². The largest absolute Gasteiger partial charge is 0.542 e. The molecule has 17 heteroatoms. The normalized spacial score (nSPS) is 14.6. The van der Waals surface area contributed by atoms with Crippen molar-refractivity contribution in [1.29, 1.82) is 0 Å². The number of quaternary nitrogens is 1. The zero-order valence-corrected chi connectivity index (χ0v) is 21.8. The van der Waals surface area contributed by atoms with Gasteiger partial charge in [-0.3, -0.25) is 4.79 Å². The van der Waals surface area contributed by atoms with Crippen LogP contribution < -0.4 is 24.8 Å². The number of morpholine rings is 1. The van der Waals surface area contributed by atoms with Gasteiger partial charge in [0.25, 0.3) is 5.91 Å². The van der Waals surface area contributed by atoms with Crippen LogP contribution in [0.4, 0.5) is 32.3 Å². The number of pyridine rings is 1. The number of carboxylic acids is 2. The Labute approximate surface area is 233 Å². The maximum absolute atomic E-state index is 13.0. The molecule has 10 nitrogen and oxygen atoms in total. The molecular weight excluding hydrogens is 590 g/mol. The molecule has 0 bridgehead atoms. The molecule has 1 amide bonds. The maximum Gasteiger partial charge on any atom is 0.457 e. The molecule has 41 heavy (non-hydrogen) atoms. The van der Waals surface area contributed by atoms with E-state index in [1.807, 2.05) is 55.6 Å². The number of benzene rings is 1. The van der Waals surface area contributed by atoms with Crippen LogP contribution in [0.25, 0.3) is 5.52 Å². The second kappa shape index (κ2) is 14.1. The van der Waals surface area contributed by atoms with Crippen molar-refractivity contribution in [3.8, 4) is 0 Å². The second-order valence-corrected chi connectivity index (χ2v) is 8.71. The Kier molecular flexibility index (Phi) is 11.5. The number of aromatic amines is 1. The molecule has 4 rings (SSSR count). The third-order valence-corrected chi connectivity index (χ3v) is 5.79. The summed E-state index contributed by atoms with van der Waals surface area (Å²) in [6, 6.07) is 13.2. The molecule has 3 heterocycles. The zero-order chi connectivity index (χ0) is 31.0. The number of hydrogen-bond donors (Lipinski definition) is 3. The van der Waals surface area contributed by atoms with Gasteiger partial charge in [-0.05, 0) is 30.7 Å². The van der Waals surface area contributed by atoms with Crippen LogP contribution in [0.15, 0.2) is 48.7 Å². The number of carbonyl (C=O) groups is 3. The minimum absolute atomic E-state index is 0.148. The quantitative estimate of drug-likeness (QED) is 0.281. The third kappa shape index (κ3) is 9.61. The van der Waals surface area contributed by atoms with Crippen molar-refractivity contribution in [3.05, 3.63) is 64.9 Å². The molecule has 1 aromatic carbocycles. The lowest BCUT2D eigenvalue weighted by molar-refractivity contribution is -0.889. The highest BCUT2D eigenvalue weighted by molar-refractivity contribution is 6.31. The predicted octanol–water partition coefficient (Wildman–Crippen LogP) is 0.0416. The predicted molar refractivity (Wildman–Crippen MR) is 125 cm³/mol. The number of imidazole rings is 1. The first-order chi connectivity index (χ1) is 19.0. The summed E-state index contributed by atoms with van der Waals surface area (Å²) in [5.41, 5.74) is 2.31. The first kappa shape index (κ1) is 33.3. The molecule has 1 aliphatic rings. The Bertz CT molecular complexity index is 1330. The number of nitrogens with zero attached hydrogens (tertiary/aromatic N) is 1. The summed E-state index contributed by atoms with van der Waals surface area (Å²) in [4.78, 5) is 35.2. The first-order valence-corrected chi connectivity index (χ1v) is 12.0. The number of rotatable bonds is 4. The van der Waals surface area contributed by atoms with Crippen molar-refractivity contribution in [2.75, 3.05) is 26.3 Å². The van der Waals surface area contributed by atoms with Crippen molar-refractivity contribution >= 4 is 40.9 Å². The molecule has 0 radical (unpaired) electrons. The number of ether oxygens (including phenoxy) is 1. The lowest BCUT2D eigenvalue weighted by Gasteiger charge is -2.18. The molecule has 0 aliphatic carbocycles. The minimum atomic E-state index is -5.19. The van der Waals surface area contributed by atoms with Gasteiger partial charge in [0.1, 0.15) is 31.2 Å². The monoisotopic (exact) mass is 612 g/mol. The molecule has 1 saturated heterocycles. The molecule has 0 saturated carbocycles. The number of aliphatic carboxylic acids is 2. The van der Waals surface area contributed by atoms with E-state index in [0.29, 0.717) is 23.9 Å². The third-order valence-electron chi connectivity index (χ3n) is 5.44. The number of amides is 1. The number of hydrogen-bond acceptors (Lipinski definition) is 6. The molecule has 0 spiro atoms. The Balaban J connectivity index is 0.000000349. The summed E-state index contributed by atoms with van der Waals surface area (Å²) < 4.78 is 70.6. The average molecular weight is 613 g/mol. The summed E-state index contributed by atoms with van der Waals surface area (Å²) in [6.45, 7) is 5.11. The highest BCUT2D eigenvalue weighted by Crippen LogP contribution is 2.22. The SMILES string of the molecule is CC(NC(=O)c1[nH]c([NH+]2CCOCC2)[n+]2ccccc12)c1ccccc1Cl.O=C([O-])C(F)(F)F.O=C([O-])C(F)(F)F. The zero-order valence-electron chi connectivity index (χ0n) is 21.1. The standard InChI is InChI=1S/C20H21ClN4O2.2C2HF3O2/c1-14(15-6-2-3-7-16(15)21)22-19(26)18-17-8-4-5-9-25(17)20(23-18)24-10-12-27-13-11-24;2*3-2(4,5)1(6)7/h2-9,14H,10-13H2,1H3,(H,22,26);2*(H,6,7). The van der Waals surface area contributed by atoms with E-state index in [4.69, 9.17) is 36.1 Å². The molecule has 3 N–H and O–H groups in total. The molecule has 3 aromatic rings. The maximum atomic E-state index is 13.0. The van der Waals surface area contributed by atoms with Gasteiger partial charge in [0.05, 0.1) is 19.3 Å². The van der Waals surface area contributed by atoms with Crippen LogP contribution in [0.2, 0.25) is 5.02 Å². The summed E-state index contributed by atoms with van der Waals surface area (Å²) in [7, 11) is 0. The molecule has 224 valence electrons. The first-order valence-electron chi connectivity index (χ1n) is 11.6. The number of halogens is 7. The molecule has 1 unspecified atom stereocenters. The number of alkyl halides is 6. The van der Waals surface area contributed by atoms with Crippen molar-refractivity contribution in [3.63, 3.8) is 0 Å². The van der Waals surface area contributed by atoms with E-state index in [1.54, 1.807) is 0 Å². The Morgan fingerprint density at radius 1 is 0.976 bits per heavy atom. The van der Waals surface area contributed by atoms with E-state index in [9.17, 15) is 31.1 Å². The van der Waals surface area contributed by atoms with E-state index in [-0.39, 0.29) is 11.9 Å². The van der Waals surface area contributed by atoms with Crippen LogP contribution in [-0.4, -0.2) is 61.5 Å². The van der Waals surface area contributed by atoms with E-state index in [2.05, 4.69) is 14.7 Å². The van der Waals surface area contributed by atoms with E-state index in [0.717, 1.165) is 30.1 Å². The molecular formula is C24H23ClF6N4O6. The van der Waals surface area contributed by atoms with Gasteiger partial charge in [-0.2, -0.15) is 31.3 Å². The summed E-state index contributed by atoms with van der Waals surface area (Å²) >= 11 is 6.27. The van der Waals surface area contributed by atoms with Gasteiger partial charge in [0.15, 0.2) is 5.52 Å². The van der Waals surface area contributed by atoms with Gasteiger partial charge in [-0.25, -0.2) is 4.90 Å². The van der Waals surface area contributed by atoms with E-state index in [1.165, 1.54) is 4.90 Å². The number of fused-ring (bicyclic) bond motifs is 1. The van der Waals surface area contributed by atoms with Crippen molar-refractivity contribution < 1.29 is 65.0 Å². The number of H-pyrrole nitrogens is 1. The fourth-order valence-electron chi connectivity index (χ4n) is 3.54. The number of aromatic nitrogens is 2. The summed E-state index contributed by atoms with van der Waals surface area (Å²) in [6.07, 6.45) is -8.40. The van der Waals surface area contributed by atoms with Crippen LogP contribution in [0.1, 0.15) is 29.0 Å². The van der Waals surface area contributed by atoms with Crippen molar-refractivity contribution in [2.45, 2.75) is 25.3 Å². The molecule has 1 atom stereocenters. The number of carboxylic acid groups (broad SMARTS) is 2. The highest BCUT2D eigenvalue weighted by atomic mass is 35.5. The van der Waals surface area contributed by atoms with Crippen LogP contribution >= 0.6 is 11.6 Å². The molecule has 2 aromatic heterocycles. The Morgan fingerprint density at radius 2 is 1.49 bits per heavy atom. The van der Waals surface area contributed by atoms with E-state index >= 15 is 0 Å². The van der Waals surface area contributed by atoms with Gasteiger partial charge in [0.2, 0.25) is 5.69 Å². The number of nitrogens with one attached hydrogen (secondary N) is 3. The highest BCUT2D eigenvalue weighted by Gasteiger charge is 2.33. The fourth-order valence-corrected chi connectivity index (χ4v) is 3.84. The van der Waals surface area contributed by atoms with E-state index < -0.39 is 24.3 Å².